The van der Waals surface area contributed by atoms with Crippen molar-refractivity contribution in [2.24, 2.45) is 0 Å². The zero-order valence-corrected chi connectivity index (χ0v) is 32.1. The summed E-state index contributed by atoms with van der Waals surface area (Å²) in [7, 11) is 0. The molecule has 3 nitrogen and oxygen atoms in total. The molecule has 0 bridgehead atoms. The molecule has 9 aromatic carbocycles. The minimum atomic E-state index is 0.700. The van der Waals surface area contributed by atoms with E-state index in [9.17, 15) is 0 Å². The molecule has 12 rings (SSSR count). The molecule has 3 aromatic heterocycles. The van der Waals surface area contributed by atoms with E-state index in [1.807, 2.05) is 23.5 Å². The van der Waals surface area contributed by atoms with Crippen LogP contribution in [0.3, 0.4) is 0 Å². The number of hydrogen-bond donors (Lipinski definition) is 0. The van der Waals surface area contributed by atoms with Gasteiger partial charge in [-0.15, -0.1) is 11.3 Å². The molecule has 0 aliphatic rings. The van der Waals surface area contributed by atoms with E-state index in [1.165, 1.54) is 74.6 Å². The molecule has 270 valence electrons. The highest BCUT2D eigenvalue weighted by atomic mass is 32.1. The van der Waals surface area contributed by atoms with Crippen LogP contribution in [0.5, 0.6) is 0 Å². The quantitative estimate of drug-likeness (QED) is 0.164. The Bertz CT molecular complexity index is 3470. The van der Waals surface area contributed by atoms with Gasteiger partial charge in [-0.3, -0.25) is 0 Å². The van der Waals surface area contributed by atoms with Gasteiger partial charge in [0.15, 0.2) is 5.82 Å². The number of rotatable bonds is 5. The molecule has 4 heteroatoms. The first-order valence-corrected chi connectivity index (χ1v) is 20.5. The van der Waals surface area contributed by atoms with Gasteiger partial charge in [-0.1, -0.05) is 146 Å². The first-order chi connectivity index (χ1) is 28.8. The van der Waals surface area contributed by atoms with E-state index in [4.69, 9.17) is 9.97 Å². The van der Waals surface area contributed by atoms with E-state index in [0.717, 1.165) is 33.8 Å². The number of benzene rings is 9. The minimum absolute atomic E-state index is 0.700. The monoisotopic (exact) mass is 755 g/mol. The highest BCUT2D eigenvalue weighted by Gasteiger charge is 2.23. The lowest BCUT2D eigenvalue weighted by Gasteiger charge is -2.13. The Morgan fingerprint density at radius 3 is 1.53 bits per heavy atom. The van der Waals surface area contributed by atoms with E-state index in [0.29, 0.717) is 5.82 Å². The molecule has 0 saturated heterocycles. The molecule has 0 aliphatic heterocycles. The van der Waals surface area contributed by atoms with E-state index < -0.39 is 0 Å². The maximum atomic E-state index is 5.14. The molecule has 0 spiro atoms. The van der Waals surface area contributed by atoms with E-state index in [2.05, 4.69) is 193 Å². The van der Waals surface area contributed by atoms with Crippen LogP contribution in [0.4, 0.5) is 0 Å². The van der Waals surface area contributed by atoms with Gasteiger partial charge in [-0.05, 0) is 81.9 Å². The van der Waals surface area contributed by atoms with Crippen LogP contribution in [-0.4, -0.2) is 14.5 Å². The number of hydrogen-bond acceptors (Lipinski definition) is 3. The van der Waals surface area contributed by atoms with Crippen LogP contribution in [0.15, 0.2) is 200 Å². The zero-order valence-electron chi connectivity index (χ0n) is 31.3. The van der Waals surface area contributed by atoms with Crippen LogP contribution < -0.4 is 0 Å². The fourth-order valence-electron chi connectivity index (χ4n) is 8.95. The number of thiophene rings is 1. The fraction of sp³-hybridized carbons (Fsp3) is 0. The minimum Gasteiger partial charge on any atom is -0.309 e. The van der Waals surface area contributed by atoms with Crippen LogP contribution in [0, 0.1) is 0 Å². The third kappa shape index (κ3) is 5.12. The third-order valence-corrected chi connectivity index (χ3v) is 12.7. The standard InChI is InChI=1S/C54H33N3S/c1-4-14-34(15-5-1)38-26-30-48-44(32-38)50-49(58-48)31-29-47-52(50)51-42-22-12-10-20-40(42)41-21-11-13-23-43(41)53(51)57(47)39-27-24-37(25-28-39)54-55-45(35-16-6-2-7-17-35)33-46(56-54)36-18-8-3-9-19-36/h1-33H. The normalized spacial score (nSPS) is 11.8. The van der Waals surface area contributed by atoms with Crippen molar-refractivity contribution >= 4 is 74.9 Å². The second-order valence-corrected chi connectivity index (χ2v) is 16.0. The SMILES string of the molecule is c1ccc(-c2ccc3sc4ccc5c(c4c3c2)c2c3ccccc3c3ccccc3c2n5-c2ccc(-c3nc(-c4ccccc4)cc(-c4ccccc4)n3)cc2)cc1. The molecule has 0 saturated carbocycles. The van der Waals surface area contributed by atoms with Crippen molar-refractivity contribution < 1.29 is 0 Å². The topological polar surface area (TPSA) is 30.7 Å². The summed E-state index contributed by atoms with van der Waals surface area (Å²) in [5.41, 5.74) is 10.8. The Labute approximate surface area is 338 Å². The maximum Gasteiger partial charge on any atom is 0.160 e. The van der Waals surface area contributed by atoms with Gasteiger partial charge in [0.25, 0.3) is 0 Å². The average Bonchev–Trinajstić information content (AvgIpc) is 3.86. The molecular weight excluding hydrogens is 723 g/mol. The zero-order chi connectivity index (χ0) is 38.2. The molecule has 12 aromatic rings. The first kappa shape index (κ1) is 32.8. The van der Waals surface area contributed by atoms with E-state index in [-0.39, 0.29) is 0 Å². The van der Waals surface area contributed by atoms with Gasteiger partial charge in [-0.2, -0.15) is 0 Å². The van der Waals surface area contributed by atoms with E-state index in [1.54, 1.807) is 0 Å². The lowest BCUT2D eigenvalue weighted by Crippen LogP contribution is -1.97. The summed E-state index contributed by atoms with van der Waals surface area (Å²) < 4.78 is 5.08. The summed E-state index contributed by atoms with van der Waals surface area (Å²) in [6.45, 7) is 0. The first-order valence-electron chi connectivity index (χ1n) is 19.7. The summed E-state index contributed by atoms with van der Waals surface area (Å²) in [6.07, 6.45) is 0. The molecule has 0 radical (unpaired) electrons. The van der Waals surface area contributed by atoms with Crippen molar-refractivity contribution in [2.45, 2.75) is 0 Å². The van der Waals surface area contributed by atoms with Gasteiger partial charge < -0.3 is 4.57 Å². The van der Waals surface area contributed by atoms with Gasteiger partial charge in [0.1, 0.15) is 0 Å². The maximum absolute atomic E-state index is 5.14. The summed E-state index contributed by atoms with van der Waals surface area (Å²) in [6, 6.07) is 71.8. The van der Waals surface area contributed by atoms with Gasteiger partial charge in [-0.25, -0.2) is 9.97 Å². The smallest absolute Gasteiger partial charge is 0.160 e. The summed E-state index contributed by atoms with van der Waals surface area (Å²) in [5, 5.41) is 10.2. The van der Waals surface area contributed by atoms with Crippen molar-refractivity contribution in [3.63, 3.8) is 0 Å². The second-order valence-electron chi connectivity index (χ2n) is 14.9. The van der Waals surface area contributed by atoms with Gasteiger partial charge in [0, 0.05) is 58.7 Å². The highest BCUT2D eigenvalue weighted by Crippen LogP contribution is 2.48. The molecule has 0 atom stereocenters. The summed E-state index contributed by atoms with van der Waals surface area (Å²) >= 11 is 1.88. The average molecular weight is 756 g/mol. The predicted octanol–water partition coefficient (Wildman–Crippen LogP) is 14.9. The highest BCUT2D eigenvalue weighted by molar-refractivity contribution is 7.26. The summed E-state index contributed by atoms with van der Waals surface area (Å²) in [4.78, 5) is 10.3. The van der Waals surface area contributed by atoms with Gasteiger partial charge in [0.2, 0.25) is 0 Å². The molecule has 0 unspecified atom stereocenters. The van der Waals surface area contributed by atoms with Crippen LogP contribution in [0.1, 0.15) is 0 Å². The second kappa shape index (κ2) is 13.1. The lowest BCUT2D eigenvalue weighted by molar-refractivity contribution is 1.17. The molecule has 0 aliphatic carbocycles. The predicted molar refractivity (Wildman–Crippen MR) is 246 cm³/mol. The molecule has 0 fully saturated rings. The largest absolute Gasteiger partial charge is 0.309 e. The van der Waals surface area contributed by atoms with Crippen molar-refractivity contribution in [3.05, 3.63) is 200 Å². The fourth-order valence-corrected chi connectivity index (χ4v) is 10.0. The van der Waals surface area contributed by atoms with Crippen LogP contribution in [-0.2, 0) is 0 Å². The number of nitrogens with zero attached hydrogens (tertiary/aromatic N) is 3. The third-order valence-electron chi connectivity index (χ3n) is 11.6. The number of aromatic nitrogens is 3. The van der Waals surface area contributed by atoms with Crippen LogP contribution >= 0.6 is 11.3 Å². The van der Waals surface area contributed by atoms with Crippen molar-refractivity contribution in [1.29, 1.82) is 0 Å². The molecule has 58 heavy (non-hydrogen) atoms. The van der Waals surface area contributed by atoms with Crippen molar-refractivity contribution in [2.75, 3.05) is 0 Å². The van der Waals surface area contributed by atoms with Gasteiger partial charge >= 0.3 is 0 Å². The molecule has 0 N–H and O–H groups in total. The van der Waals surface area contributed by atoms with E-state index >= 15 is 0 Å². The molecule has 0 amide bonds. The van der Waals surface area contributed by atoms with Crippen LogP contribution in [0.25, 0.3) is 114 Å². The van der Waals surface area contributed by atoms with Crippen molar-refractivity contribution in [3.8, 4) is 50.7 Å². The Morgan fingerprint density at radius 1 is 0.345 bits per heavy atom. The van der Waals surface area contributed by atoms with Crippen molar-refractivity contribution in [1.82, 2.24) is 14.5 Å². The molecule has 3 heterocycles. The Balaban J connectivity index is 1.13. The number of fused-ring (bicyclic) bond motifs is 12. The molecular formula is C54H33N3S. The van der Waals surface area contributed by atoms with Crippen LogP contribution in [0.2, 0.25) is 0 Å². The Kier molecular flexibility index (Phi) is 7.40. The summed E-state index contributed by atoms with van der Waals surface area (Å²) in [5.74, 6) is 0.700. The lowest BCUT2D eigenvalue weighted by atomic mass is 9.95. The Hall–Kier alpha value is -7.40. The Morgan fingerprint density at radius 2 is 0.879 bits per heavy atom. The van der Waals surface area contributed by atoms with Gasteiger partial charge in [0.05, 0.1) is 22.4 Å².